The average molecular weight is 237 g/mol. The molecule has 4 nitrogen and oxygen atoms in total. The Morgan fingerprint density at radius 2 is 2.35 bits per heavy atom. The van der Waals surface area contributed by atoms with Crippen LogP contribution in [0.3, 0.4) is 0 Å². The van der Waals surface area contributed by atoms with E-state index in [0.717, 1.165) is 26.2 Å². The van der Waals surface area contributed by atoms with E-state index in [4.69, 9.17) is 4.42 Å². The Morgan fingerprint density at radius 3 is 3.18 bits per heavy atom. The predicted molar refractivity (Wildman–Crippen MR) is 69.0 cm³/mol. The van der Waals surface area contributed by atoms with Crippen LogP contribution in [0.25, 0.3) is 0 Å². The highest BCUT2D eigenvalue weighted by atomic mass is 16.3. The third-order valence-electron chi connectivity index (χ3n) is 3.26. The molecule has 2 rings (SSSR count). The fourth-order valence-corrected chi connectivity index (χ4v) is 2.21. The fourth-order valence-electron chi connectivity index (χ4n) is 2.21. The van der Waals surface area contributed by atoms with Crippen molar-refractivity contribution < 1.29 is 4.42 Å². The Labute approximate surface area is 104 Å². The normalized spacial score (nSPS) is 18.5. The van der Waals surface area contributed by atoms with E-state index in [-0.39, 0.29) is 0 Å². The van der Waals surface area contributed by atoms with Crippen molar-refractivity contribution in [3.05, 3.63) is 24.2 Å². The lowest BCUT2D eigenvalue weighted by atomic mass is 10.3. The maximum atomic E-state index is 5.08. The SMILES string of the molecule is CN(CCN1CCCNCC1)Cc1ccoc1. The van der Waals surface area contributed by atoms with Crippen LogP contribution in [-0.4, -0.2) is 56.1 Å². The second-order valence-corrected chi connectivity index (χ2v) is 4.81. The molecule has 1 aromatic heterocycles. The van der Waals surface area contributed by atoms with Gasteiger partial charge in [0, 0.05) is 38.3 Å². The first-order valence-corrected chi connectivity index (χ1v) is 6.47. The zero-order chi connectivity index (χ0) is 11.9. The summed E-state index contributed by atoms with van der Waals surface area (Å²) >= 11 is 0. The number of nitrogens with one attached hydrogen (secondary N) is 1. The minimum atomic E-state index is 0.975. The molecule has 1 N–H and O–H groups in total. The highest BCUT2D eigenvalue weighted by molar-refractivity contribution is 5.04. The van der Waals surface area contributed by atoms with Crippen molar-refractivity contribution >= 4 is 0 Å². The maximum Gasteiger partial charge on any atom is 0.0947 e. The Bertz CT molecular complexity index is 292. The molecule has 96 valence electrons. The second kappa shape index (κ2) is 6.79. The van der Waals surface area contributed by atoms with Crippen molar-refractivity contribution in [1.82, 2.24) is 15.1 Å². The fraction of sp³-hybridized carbons (Fsp3) is 0.692. The molecule has 0 aromatic carbocycles. The van der Waals surface area contributed by atoms with Crippen LogP contribution in [0.15, 0.2) is 23.0 Å². The summed E-state index contributed by atoms with van der Waals surface area (Å²) in [6, 6.07) is 2.03. The number of hydrogen-bond acceptors (Lipinski definition) is 4. The summed E-state index contributed by atoms with van der Waals surface area (Å²) in [5, 5.41) is 3.43. The standard InChI is InChI=1S/C13H23N3O/c1-15(11-13-3-10-17-12-13)8-9-16-6-2-4-14-5-7-16/h3,10,12,14H,2,4-9,11H2,1H3. The first-order chi connectivity index (χ1) is 8.34. The quantitative estimate of drug-likeness (QED) is 0.828. The van der Waals surface area contributed by atoms with Gasteiger partial charge in [-0.1, -0.05) is 0 Å². The van der Waals surface area contributed by atoms with Gasteiger partial charge < -0.3 is 19.5 Å². The van der Waals surface area contributed by atoms with Gasteiger partial charge in [0.2, 0.25) is 0 Å². The highest BCUT2D eigenvalue weighted by Gasteiger charge is 2.09. The summed E-state index contributed by atoms with van der Waals surface area (Å²) in [5.74, 6) is 0. The van der Waals surface area contributed by atoms with Gasteiger partial charge in [-0.3, -0.25) is 0 Å². The van der Waals surface area contributed by atoms with E-state index in [1.807, 2.05) is 12.3 Å². The molecule has 0 spiro atoms. The molecule has 0 amide bonds. The molecule has 0 bridgehead atoms. The van der Waals surface area contributed by atoms with Crippen LogP contribution in [0, 0.1) is 0 Å². The number of nitrogens with zero attached hydrogens (tertiary/aromatic N) is 2. The second-order valence-electron chi connectivity index (χ2n) is 4.81. The van der Waals surface area contributed by atoms with Crippen molar-refractivity contribution in [2.45, 2.75) is 13.0 Å². The molecule has 17 heavy (non-hydrogen) atoms. The molecule has 1 aliphatic rings. The van der Waals surface area contributed by atoms with E-state index in [0.29, 0.717) is 0 Å². The van der Waals surface area contributed by atoms with Gasteiger partial charge in [-0.05, 0) is 32.6 Å². The molecule has 0 aliphatic carbocycles. The van der Waals surface area contributed by atoms with Gasteiger partial charge in [0.1, 0.15) is 0 Å². The predicted octanol–water partition coefficient (Wildman–Crippen LogP) is 1.01. The van der Waals surface area contributed by atoms with Crippen LogP contribution >= 0.6 is 0 Å². The summed E-state index contributed by atoms with van der Waals surface area (Å²) in [4.78, 5) is 4.90. The molecular weight excluding hydrogens is 214 g/mol. The molecule has 1 saturated heterocycles. The number of furan rings is 1. The van der Waals surface area contributed by atoms with E-state index in [9.17, 15) is 0 Å². The lowest BCUT2D eigenvalue weighted by Gasteiger charge is -2.23. The first kappa shape index (κ1) is 12.6. The number of rotatable bonds is 5. The van der Waals surface area contributed by atoms with E-state index < -0.39 is 0 Å². The Morgan fingerprint density at radius 1 is 1.41 bits per heavy atom. The van der Waals surface area contributed by atoms with Crippen LogP contribution in [0.2, 0.25) is 0 Å². The Kier molecular flexibility index (Phi) is 5.04. The lowest BCUT2D eigenvalue weighted by Crippen LogP contribution is -2.35. The van der Waals surface area contributed by atoms with Gasteiger partial charge >= 0.3 is 0 Å². The molecule has 0 unspecified atom stereocenters. The van der Waals surface area contributed by atoms with Crippen LogP contribution < -0.4 is 5.32 Å². The first-order valence-electron chi connectivity index (χ1n) is 6.47. The summed E-state index contributed by atoms with van der Waals surface area (Å²) in [6.45, 7) is 7.96. The molecule has 0 radical (unpaired) electrons. The third-order valence-corrected chi connectivity index (χ3v) is 3.26. The zero-order valence-electron chi connectivity index (χ0n) is 10.7. The van der Waals surface area contributed by atoms with Crippen molar-refractivity contribution in [3.8, 4) is 0 Å². The van der Waals surface area contributed by atoms with Gasteiger partial charge in [-0.15, -0.1) is 0 Å². The van der Waals surface area contributed by atoms with E-state index >= 15 is 0 Å². The van der Waals surface area contributed by atoms with Gasteiger partial charge in [0.25, 0.3) is 0 Å². The number of likely N-dealkylation sites (N-methyl/N-ethyl adjacent to an activating group) is 1. The van der Waals surface area contributed by atoms with E-state index in [1.54, 1.807) is 6.26 Å². The van der Waals surface area contributed by atoms with Crippen molar-refractivity contribution in [3.63, 3.8) is 0 Å². The van der Waals surface area contributed by atoms with Crippen molar-refractivity contribution in [1.29, 1.82) is 0 Å². The monoisotopic (exact) mass is 237 g/mol. The maximum absolute atomic E-state index is 5.08. The Hall–Kier alpha value is -0.840. The van der Waals surface area contributed by atoms with Crippen molar-refractivity contribution in [2.24, 2.45) is 0 Å². The topological polar surface area (TPSA) is 31.6 Å². The molecule has 0 atom stereocenters. The van der Waals surface area contributed by atoms with Crippen LogP contribution in [-0.2, 0) is 6.54 Å². The molecule has 1 aliphatic heterocycles. The summed E-state index contributed by atoms with van der Waals surface area (Å²) in [6.07, 6.45) is 4.83. The van der Waals surface area contributed by atoms with Crippen LogP contribution in [0.4, 0.5) is 0 Å². The van der Waals surface area contributed by atoms with Crippen molar-refractivity contribution in [2.75, 3.05) is 46.3 Å². The molecule has 0 saturated carbocycles. The third kappa shape index (κ3) is 4.50. The van der Waals surface area contributed by atoms with E-state index in [1.165, 1.54) is 31.6 Å². The molecule has 1 fully saturated rings. The number of hydrogen-bond donors (Lipinski definition) is 1. The van der Waals surface area contributed by atoms with Gasteiger partial charge in [0.15, 0.2) is 0 Å². The Balaban J connectivity index is 1.66. The van der Waals surface area contributed by atoms with E-state index in [2.05, 4.69) is 22.2 Å². The lowest BCUT2D eigenvalue weighted by molar-refractivity contribution is 0.231. The zero-order valence-corrected chi connectivity index (χ0v) is 10.7. The summed E-state index contributed by atoms with van der Waals surface area (Å²) in [5.41, 5.74) is 1.25. The molecule has 4 heteroatoms. The smallest absolute Gasteiger partial charge is 0.0947 e. The van der Waals surface area contributed by atoms with Crippen LogP contribution in [0.1, 0.15) is 12.0 Å². The van der Waals surface area contributed by atoms with Crippen LogP contribution in [0.5, 0.6) is 0 Å². The summed E-state index contributed by atoms with van der Waals surface area (Å²) in [7, 11) is 2.17. The molecule has 2 heterocycles. The average Bonchev–Trinajstić information content (AvgIpc) is 2.68. The van der Waals surface area contributed by atoms with Gasteiger partial charge in [0.05, 0.1) is 12.5 Å². The largest absolute Gasteiger partial charge is 0.472 e. The molecule has 1 aromatic rings. The highest BCUT2D eigenvalue weighted by Crippen LogP contribution is 2.04. The minimum Gasteiger partial charge on any atom is -0.472 e. The molecular formula is C13H23N3O. The summed E-state index contributed by atoms with van der Waals surface area (Å²) < 4.78 is 5.08. The van der Waals surface area contributed by atoms with Gasteiger partial charge in [-0.2, -0.15) is 0 Å². The van der Waals surface area contributed by atoms with Gasteiger partial charge in [-0.25, -0.2) is 0 Å². The minimum absolute atomic E-state index is 0.975.